The highest BCUT2D eigenvalue weighted by molar-refractivity contribution is 5.20. The van der Waals surface area contributed by atoms with E-state index in [-0.39, 0.29) is 0 Å². The van der Waals surface area contributed by atoms with Crippen molar-refractivity contribution in [2.75, 3.05) is 0 Å². The Labute approximate surface area is 89.4 Å². The van der Waals surface area contributed by atoms with Crippen molar-refractivity contribution in [3.05, 3.63) is 36.5 Å². The molecule has 0 aliphatic heterocycles. The molecule has 80 valence electrons. The molecule has 0 N–H and O–H groups in total. The molecule has 1 unspecified atom stereocenters. The summed E-state index contributed by atoms with van der Waals surface area (Å²) in [7, 11) is 0. The molecular formula is C14H24. The van der Waals surface area contributed by atoms with Gasteiger partial charge in [-0.05, 0) is 31.3 Å². The molecule has 0 aromatic rings. The molecule has 0 fully saturated rings. The zero-order valence-electron chi connectivity index (χ0n) is 9.92. The van der Waals surface area contributed by atoms with Gasteiger partial charge in [0.1, 0.15) is 0 Å². The Morgan fingerprint density at radius 3 is 2.64 bits per heavy atom. The predicted octanol–water partition coefficient (Wildman–Crippen LogP) is 4.89. The Hall–Kier alpha value is -0.780. The number of rotatable bonds is 7. The average Bonchev–Trinajstić information content (AvgIpc) is 2.18. The molecule has 0 aromatic heterocycles. The lowest BCUT2D eigenvalue weighted by Crippen LogP contribution is -1.94. The quantitative estimate of drug-likeness (QED) is 0.306. The van der Waals surface area contributed by atoms with Gasteiger partial charge in [0, 0.05) is 0 Å². The fourth-order valence-electron chi connectivity index (χ4n) is 1.47. The van der Waals surface area contributed by atoms with E-state index >= 15 is 0 Å². The van der Waals surface area contributed by atoms with E-state index in [9.17, 15) is 0 Å². The summed E-state index contributed by atoms with van der Waals surface area (Å²) in [4.78, 5) is 0. The van der Waals surface area contributed by atoms with E-state index in [4.69, 9.17) is 0 Å². The maximum absolute atomic E-state index is 3.78. The molecule has 0 amide bonds. The number of hydrogen-bond donors (Lipinski definition) is 0. The van der Waals surface area contributed by atoms with E-state index < -0.39 is 0 Å². The van der Waals surface area contributed by atoms with Crippen molar-refractivity contribution >= 4 is 0 Å². The van der Waals surface area contributed by atoms with E-state index in [2.05, 4.69) is 45.6 Å². The number of unbranched alkanes of at least 4 members (excludes halogenated alkanes) is 2. The second kappa shape index (κ2) is 8.80. The Kier molecular flexibility index (Phi) is 8.31. The van der Waals surface area contributed by atoms with Crippen LogP contribution in [0, 0.1) is 5.92 Å². The monoisotopic (exact) mass is 192 g/mol. The van der Waals surface area contributed by atoms with Crippen molar-refractivity contribution in [2.24, 2.45) is 5.92 Å². The first kappa shape index (κ1) is 13.2. The van der Waals surface area contributed by atoms with Crippen molar-refractivity contribution in [2.45, 2.75) is 46.5 Å². The summed E-state index contributed by atoms with van der Waals surface area (Å²) in [6, 6.07) is 0. The van der Waals surface area contributed by atoms with Gasteiger partial charge in [-0.15, -0.1) is 6.58 Å². The molecule has 0 bridgehead atoms. The van der Waals surface area contributed by atoms with E-state index in [0.29, 0.717) is 5.92 Å². The van der Waals surface area contributed by atoms with Crippen LogP contribution in [0.15, 0.2) is 36.5 Å². The third kappa shape index (κ3) is 5.80. The second-order valence-corrected chi connectivity index (χ2v) is 3.76. The van der Waals surface area contributed by atoms with Crippen LogP contribution in [-0.4, -0.2) is 0 Å². The highest BCUT2D eigenvalue weighted by atomic mass is 14.1. The highest BCUT2D eigenvalue weighted by Gasteiger charge is 2.01. The third-order valence-corrected chi connectivity index (χ3v) is 2.46. The molecule has 0 aliphatic carbocycles. The second-order valence-electron chi connectivity index (χ2n) is 3.76. The van der Waals surface area contributed by atoms with Crippen LogP contribution in [0.1, 0.15) is 46.5 Å². The van der Waals surface area contributed by atoms with E-state index in [1.807, 2.05) is 6.08 Å². The first-order chi connectivity index (χ1) is 6.76. The Balaban J connectivity index is 4.02. The van der Waals surface area contributed by atoms with Gasteiger partial charge in [-0.3, -0.25) is 0 Å². The summed E-state index contributed by atoms with van der Waals surface area (Å²) in [6.45, 7) is 10.4. The Morgan fingerprint density at radius 1 is 1.43 bits per heavy atom. The van der Waals surface area contributed by atoms with E-state index in [0.717, 1.165) is 6.42 Å². The number of allylic oxidation sites excluding steroid dienone is 5. The normalized spacial score (nSPS) is 14.6. The van der Waals surface area contributed by atoms with Crippen molar-refractivity contribution in [1.82, 2.24) is 0 Å². The first-order valence-electron chi connectivity index (χ1n) is 5.69. The summed E-state index contributed by atoms with van der Waals surface area (Å²) in [6.07, 6.45) is 13.6. The summed E-state index contributed by atoms with van der Waals surface area (Å²) in [5.74, 6) is 0.607. The van der Waals surface area contributed by atoms with Gasteiger partial charge in [0.05, 0.1) is 0 Å². The maximum Gasteiger partial charge on any atom is -0.0159 e. The van der Waals surface area contributed by atoms with Crippen LogP contribution in [0.5, 0.6) is 0 Å². The molecule has 0 saturated heterocycles. The van der Waals surface area contributed by atoms with Crippen molar-refractivity contribution < 1.29 is 0 Å². The standard InChI is InChI=1S/C14H24/c1-5-8-9-10-12-14(7-3)13(4)11-6-2/h6-7,10,12-13H,2,5,8-9,11H2,1,3-4H3. The van der Waals surface area contributed by atoms with Crippen LogP contribution < -0.4 is 0 Å². The van der Waals surface area contributed by atoms with E-state index in [1.54, 1.807) is 0 Å². The highest BCUT2D eigenvalue weighted by Crippen LogP contribution is 2.16. The Bertz CT molecular complexity index is 196. The Morgan fingerprint density at radius 2 is 2.14 bits per heavy atom. The molecule has 0 aromatic carbocycles. The van der Waals surface area contributed by atoms with Crippen LogP contribution in [0.4, 0.5) is 0 Å². The summed E-state index contributed by atoms with van der Waals surface area (Å²) < 4.78 is 0. The van der Waals surface area contributed by atoms with Gasteiger partial charge in [-0.2, -0.15) is 0 Å². The van der Waals surface area contributed by atoms with Gasteiger partial charge < -0.3 is 0 Å². The predicted molar refractivity (Wildman–Crippen MR) is 66.4 cm³/mol. The molecule has 0 saturated carbocycles. The number of hydrogen-bond acceptors (Lipinski definition) is 0. The van der Waals surface area contributed by atoms with Gasteiger partial charge in [-0.25, -0.2) is 0 Å². The fraction of sp³-hybridized carbons (Fsp3) is 0.571. The molecule has 0 spiro atoms. The van der Waals surface area contributed by atoms with Crippen LogP contribution in [0.2, 0.25) is 0 Å². The van der Waals surface area contributed by atoms with Crippen LogP contribution in [-0.2, 0) is 0 Å². The third-order valence-electron chi connectivity index (χ3n) is 2.46. The molecule has 0 heterocycles. The molecule has 0 aliphatic rings. The zero-order chi connectivity index (χ0) is 10.8. The van der Waals surface area contributed by atoms with Crippen LogP contribution in [0.3, 0.4) is 0 Å². The van der Waals surface area contributed by atoms with Gasteiger partial charge >= 0.3 is 0 Å². The smallest absolute Gasteiger partial charge is 0.0159 e. The van der Waals surface area contributed by atoms with Crippen LogP contribution >= 0.6 is 0 Å². The molecule has 0 rings (SSSR count). The largest absolute Gasteiger partial charge is 0.103 e. The van der Waals surface area contributed by atoms with Gasteiger partial charge in [0.2, 0.25) is 0 Å². The summed E-state index contributed by atoms with van der Waals surface area (Å²) >= 11 is 0. The molecule has 0 radical (unpaired) electrons. The minimum Gasteiger partial charge on any atom is -0.103 e. The molecular weight excluding hydrogens is 168 g/mol. The SMILES string of the molecule is C=CCC(C)C(C=CCCCC)=CC. The van der Waals surface area contributed by atoms with Crippen LogP contribution in [0.25, 0.3) is 0 Å². The summed E-state index contributed by atoms with van der Waals surface area (Å²) in [5.41, 5.74) is 1.43. The lowest BCUT2D eigenvalue weighted by molar-refractivity contribution is 0.710. The average molecular weight is 192 g/mol. The molecule has 0 nitrogen and oxygen atoms in total. The lowest BCUT2D eigenvalue weighted by atomic mass is 9.96. The minimum absolute atomic E-state index is 0.607. The van der Waals surface area contributed by atoms with Gasteiger partial charge in [0.15, 0.2) is 0 Å². The molecule has 0 heteroatoms. The first-order valence-corrected chi connectivity index (χ1v) is 5.69. The van der Waals surface area contributed by atoms with Crippen molar-refractivity contribution in [3.63, 3.8) is 0 Å². The minimum atomic E-state index is 0.607. The molecule has 14 heavy (non-hydrogen) atoms. The molecule has 1 atom stereocenters. The van der Waals surface area contributed by atoms with E-state index in [1.165, 1.54) is 24.8 Å². The topological polar surface area (TPSA) is 0 Å². The fourth-order valence-corrected chi connectivity index (χ4v) is 1.47. The van der Waals surface area contributed by atoms with Gasteiger partial charge in [0.25, 0.3) is 0 Å². The summed E-state index contributed by atoms with van der Waals surface area (Å²) in [5, 5.41) is 0. The lowest BCUT2D eigenvalue weighted by Gasteiger charge is -2.09. The zero-order valence-corrected chi connectivity index (χ0v) is 9.92. The maximum atomic E-state index is 3.78. The van der Waals surface area contributed by atoms with Crippen molar-refractivity contribution in [1.29, 1.82) is 0 Å². The van der Waals surface area contributed by atoms with Crippen molar-refractivity contribution in [3.8, 4) is 0 Å². The van der Waals surface area contributed by atoms with Gasteiger partial charge in [-0.1, -0.05) is 51.0 Å².